The Hall–Kier alpha value is -3.87. The molecule has 0 atom stereocenters. The van der Waals surface area contributed by atoms with E-state index >= 15 is 0 Å². The van der Waals surface area contributed by atoms with Crippen molar-refractivity contribution in [3.05, 3.63) is 72.6 Å². The lowest BCUT2D eigenvalue weighted by Crippen LogP contribution is -2.20. The van der Waals surface area contributed by atoms with Crippen LogP contribution in [0.1, 0.15) is 26.3 Å². The van der Waals surface area contributed by atoms with Gasteiger partial charge in [0, 0.05) is 22.8 Å². The summed E-state index contributed by atoms with van der Waals surface area (Å²) < 4.78 is 6.10. The van der Waals surface area contributed by atoms with Crippen molar-refractivity contribution in [3.63, 3.8) is 0 Å². The van der Waals surface area contributed by atoms with Gasteiger partial charge in [-0.05, 0) is 41.8 Å². The number of para-hydroxylation sites is 1. The Labute approximate surface area is 174 Å². The Morgan fingerprint density at radius 3 is 2.70 bits per heavy atom. The summed E-state index contributed by atoms with van der Waals surface area (Å²) in [7, 11) is 0. The van der Waals surface area contributed by atoms with Gasteiger partial charge in [0.25, 0.3) is 0 Å². The number of urea groups is 1. The summed E-state index contributed by atoms with van der Waals surface area (Å²) in [5.41, 5.74) is 3.00. The molecule has 0 aliphatic rings. The van der Waals surface area contributed by atoms with E-state index in [1.807, 2.05) is 36.4 Å². The van der Waals surface area contributed by atoms with E-state index in [9.17, 15) is 4.79 Å². The van der Waals surface area contributed by atoms with Crippen molar-refractivity contribution in [1.82, 2.24) is 15.2 Å². The topological polar surface area (TPSA) is 91.9 Å². The molecule has 0 saturated carbocycles. The molecule has 0 bridgehead atoms. The van der Waals surface area contributed by atoms with Crippen LogP contribution < -0.4 is 15.4 Å². The molecule has 7 nitrogen and oxygen atoms in total. The second-order valence-electron chi connectivity index (χ2n) is 7.96. The van der Waals surface area contributed by atoms with Crippen LogP contribution in [0.3, 0.4) is 0 Å². The molecule has 30 heavy (non-hydrogen) atoms. The molecule has 152 valence electrons. The monoisotopic (exact) mass is 401 g/mol. The first-order chi connectivity index (χ1) is 14.4. The van der Waals surface area contributed by atoms with Crippen molar-refractivity contribution in [2.75, 3.05) is 10.6 Å². The molecule has 0 saturated heterocycles. The molecule has 4 aromatic rings. The normalized spacial score (nSPS) is 11.3. The molecule has 2 heterocycles. The minimum Gasteiger partial charge on any atom is -0.437 e. The van der Waals surface area contributed by atoms with Crippen LogP contribution in [0.4, 0.5) is 16.2 Å². The number of hydrogen-bond acceptors (Lipinski definition) is 4. The lowest BCUT2D eigenvalue weighted by molar-refractivity contribution is 0.262. The number of nitrogens with zero attached hydrogens (tertiary/aromatic N) is 2. The summed E-state index contributed by atoms with van der Waals surface area (Å²) >= 11 is 0. The quantitative estimate of drug-likeness (QED) is 0.409. The number of hydrogen-bond donors (Lipinski definition) is 3. The fourth-order valence-electron chi connectivity index (χ4n) is 3.15. The maximum atomic E-state index is 12.6. The van der Waals surface area contributed by atoms with E-state index in [-0.39, 0.29) is 11.4 Å². The number of H-pyrrole nitrogens is 1. The van der Waals surface area contributed by atoms with Crippen molar-refractivity contribution in [2.24, 2.45) is 0 Å². The molecule has 0 radical (unpaired) electrons. The Bertz CT molecular complexity index is 1190. The van der Waals surface area contributed by atoms with E-state index in [4.69, 9.17) is 4.74 Å². The van der Waals surface area contributed by atoms with Crippen molar-refractivity contribution >= 4 is 28.3 Å². The van der Waals surface area contributed by atoms with Gasteiger partial charge in [0.1, 0.15) is 11.4 Å². The van der Waals surface area contributed by atoms with Gasteiger partial charge in [0.05, 0.1) is 11.7 Å². The van der Waals surface area contributed by atoms with E-state index in [2.05, 4.69) is 46.6 Å². The van der Waals surface area contributed by atoms with Gasteiger partial charge in [-0.2, -0.15) is 5.10 Å². The summed E-state index contributed by atoms with van der Waals surface area (Å²) in [5, 5.41) is 13.4. The zero-order valence-electron chi connectivity index (χ0n) is 17.1. The molecular weight excluding hydrogens is 378 g/mol. The van der Waals surface area contributed by atoms with Gasteiger partial charge < -0.3 is 15.4 Å². The zero-order chi connectivity index (χ0) is 21.1. The van der Waals surface area contributed by atoms with Gasteiger partial charge in [-0.15, -0.1) is 0 Å². The predicted molar refractivity (Wildman–Crippen MR) is 118 cm³/mol. The van der Waals surface area contributed by atoms with Crippen LogP contribution in [0, 0.1) is 0 Å². The SMILES string of the molecule is CC(C)(C)c1ccccc1Oc1ncccc1NC(=O)Nc1ccc2[nH]ncc2c1. The Kier molecular flexibility index (Phi) is 5.10. The zero-order valence-corrected chi connectivity index (χ0v) is 17.1. The van der Waals surface area contributed by atoms with E-state index in [0.29, 0.717) is 23.0 Å². The number of ether oxygens (including phenoxy) is 1. The number of aromatic nitrogens is 3. The molecule has 0 fully saturated rings. The maximum absolute atomic E-state index is 12.6. The summed E-state index contributed by atoms with van der Waals surface area (Å²) in [5.74, 6) is 1.03. The summed E-state index contributed by atoms with van der Waals surface area (Å²) in [6.07, 6.45) is 3.34. The Morgan fingerprint density at radius 2 is 1.87 bits per heavy atom. The lowest BCUT2D eigenvalue weighted by Gasteiger charge is -2.22. The Morgan fingerprint density at radius 1 is 1.03 bits per heavy atom. The minimum absolute atomic E-state index is 0.0952. The number of aromatic amines is 1. The van der Waals surface area contributed by atoms with Crippen LogP contribution in [-0.2, 0) is 5.41 Å². The fourth-order valence-corrected chi connectivity index (χ4v) is 3.15. The molecule has 7 heteroatoms. The van der Waals surface area contributed by atoms with Crippen LogP contribution in [-0.4, -0.2) is 21.2 Å². The molecule has 4 rings (SSSR count). The number of nitrogens with one attached hydrogen (secondary N) is 3. The van der Waals surface area contributed by atoms with Crippen LogP contribution in [0.15, 0.2) is 67.0 Å². The summed E-state index contributed by atoms with van der Waals surface area (Å²) in [6.45, 7) is 6.37. The number of benzene rings is 2. The highest BCUT2D eigenvalue weighted by molar-refractivity contribution is 6.01. The number of carbonyl (C=O) groups excluding carboxylic acids is 1. The average molecular weight is 401 g/mol. The van der Waals surface area contributed by atoms with Crippen molar-refractivity contribution in [3.8, 4) is 11.6 Å². The molecule has 3 N–H and O–H groups in total. The molecule has 0 aliphatic heterocycles. The average Bonchev–Trinajstić information content (AvgIpc) is 3.17. The molecule has 0 unspecified atom stereocenters. The van der Waals surface area contributed by atoms with E-state index in [0.717, 1.165) is 16.5 Å². The van der Waals surface area contributed by atoms with E-state index in [1.165, 1.54) is 0 Å². The van der Waals surface area contributed by atoms with E-state index < -0.39 is 0 Å². The largest absolute Gasteiger partial charge is 0.437 e. The first kappa shape index (κ1) is 19.4. The molecule has 0 aliphatic carbocycles. The number of pyridine rings is 1. The maximum Gasteiger partial charge on any atom is 0.323 e. The fraction of sp³-hybridized carbons (Fsp3) is 0.174. The molecule has 2 aromatic carbocycles. The number of anilines is 2. The molecule has 0 spiro atoms. The van der Waals surface area contributed by atoms with Crippen LogP contribution in [0.5, 0.6) is 11.6 Å². The molecule has 2 aromatic heterocycles. The number of fused-ring (bicyclic) bond motifs is 1. The van der Waals surface area contributed by atoms with Crippen LogP contribution in [0.25, 0.3) is 10.9 Å². The third kappa shape index (κ3) is 4.25. The number of rotatable bonds is 4. The molecule has 2 amide bonds. The van der Waals surface area contributed by atoms with Gasteiger partial charge in [-0.1, -0.05) is 39.0 Å². The molecular formula is C23H23N5O2. The second kappa shape index (κ2) is 7.87. The van der Waals surface area contributed by atoms with Crippen LogP contribution in [0.2, 0.25) is 0 Å². The first-order valence-electron chi connectivity index (χ1n) is 9.64. The predicted octanol–water partition coefficient (Wildman–Crippen LogP) is 5.69. The van der Waals surface area contributed by atoms with Gasteiger partial charge in [0.2, 0.25) is 5.88 Å². The van der Waals surface area contributed by atoms with Gasteiger partial charge >= 0.3 is 6.03 Å². The smallest absolute Gasteiger partial charge is 0.323 e. The number of carbonyl (C=O) groups is 1. The van der Waals surface area contributed by atoms with E-state index in [1.54, 1.807) is 30.6 Å². The van der Waals surface area contributed by atoms with Gasteiger partial charge in [-0.25, -0.2) is 9.78 Å². The Balaban J connectivity index is 1.53. The third-order valence-electron chi connectivity index (χ3n) is 4.62. The highest BCUT2D eigenvalue weighted by Crippen LogP contribution is 2.35. The van der Waals surface area contributed by atoms with Crippen molar-refractivity contribution in [2.45, 2.75) is 26.2 Å². The second-order valence-corrected chi connectivity index (χ2v) is 7.96. The van der Waals surface area contributed by atoms with Gasteiger partial charge in [0.15, 0.2) is 0 Å². The van der Waals surface area contributed by atoms with Crippen molar-refractivity contribution in [1.29, 1.82) is 0 Å². The number of amides is 2. The highest BCUT2D eigenvalue weighted by atomic mass is 16.5. The van der Waals surface area contributed by atoms with Crippen LogP contribution >= 0.6 is 0 Å². The lowest BCUT2D eigenvalue weighted by atomic mass is 9.86. The standard InChI is InChI=1S/C23H23N5O2/c1-23(2,3)17-7-4-5-9-20(17)30-21-19(8-6-12-24-21)27-22(29)26-16-10-11-18-15(13-16)14-25-28-18/h4-14H,1-3H3,(H,25,28)(H2,26,27,29). The summed E-state index contributed by atoms with van der Waals surface area (Å²) in [4.78, 5) is 16.9. The summed E-state index contributed by atoms with van der Waals surface area (Å²) in [6, 6.07) is 16.5. The minimum atomic E-state index is -0.389. The highest BCUT2D eigenvalue weighted by Gasteiger charge is 2.20. The van der Waals surface area contributed by atoms with Crippen molar-refractivity contribution < 1.29 is 9.53 Å². The first-order valence-corrected chi connectivity index (χ1v) is 9.64. The third-order valence-corrected chi connectivity index (χ3v) is 4.62. The van der Waals surface area contributed by atoms with Gasteiger partial charge in [-0.3, -0.25) is 5.10 Å².